The van der Waals surface area contributed by atoms with E-state index in [1.165, 1.54) is 25.4 Å². The number of hydrogen-bond donors (Lipinski definition) is 1. The molecule has 1 aromatic carbocycles. The first-order valence-electron chi connectivity index (χ1n) is 5.81. The van der Waals surface area contributed by atoms with E-state index in [4.69, 9.17) is 11.6 Å². The van der Waals surface area contributed by atoms with Gasteiger partial charge in [0.15, 0.2) is 0 Å². The number of methoxy groups -OCH3 is 1. The molecular weight excluding hydrogens is 360 g/mol. The summed E-state index contributed by atoms with van der Waals surface area (Å²) in [5, 5.41) is 3.01. The fourth-order valence-corrected chi connectivity index (χ4v) is 2.17. The van der Waals surface area contributed by atoms with E-state index in [-0.39, 0.29) is 5.56 Å². The minimum Gasteiger partial charge on any atom is -0.465 e. The van der Waals surface area contributed by atoms with Crippen molar-refractivity contribution in [3.8, 4) is 0 Å². The number of ether oxygens (including phenoxy) is 1. The highest BCUT2D eigenvalue weighted by atomic mass is 79.9. The van der Waals surface area contributed by atoms with Crippen LogP contribution in [0.15, 0.2) is 41.1 Å². The zero-order valence-corrected chi connectivity index (χ0v) is 13.2. The first-order valence-corrected chi connectivity index (χ1v) is 6.98. The minimum atomic E-state index is -0.583. The molecule has 0 atom stereocenters. The summed E-state index contributed by atoms with van der Waals surface area (Å²) in [5.74, 6) is -0.976. The lowest BCUT2D eigenvalue weighted by Crippen LogP contribution is -2.15. The van der Waals surface area contributed by atoms with Crippen LogP contribution in [0, 0.1) is 0 Å². The fourth-order valence-electron chi connectivity index (χ4n) is 1.63. The Labute approximate surface area is 134 Å². The van der Waals surface area contributed by atoms with Crippen molar-refractivity contribution in [3.05, 3.63) is 57.3 Å². The van der Waals surface area contributed by atoms with Gasteiger partial charge in [0.05, 0.1) is 23.9 Å². The largest absolute Gasteiger partial charge is 0.465 e. The molecule has 0 fully saturated rings. The van der Waals surface area contributed by atoms with Gasteiger partial charge in [-0.3, -0.25) is 9.78 Å². The van der Waals surface area contributed by atoms with Gasteiger partial charge in [0.2, 0.25) is 0 Å². The molecule has 0 spiro atoms. The summed E-state index contributed by atoms with van der Waals surface area (Å²) >= 11 is 9.10. The van der Waals surface area contributed by atoms with E-state index in [1.54, 1.807) is 18.3 Å². The third-order valence-corrected chi connectivity index (χ3v) is 3.27. The number of carbonyl (C=O) groups is 2. The number of amides is 1. The molecule has 1 amide bonds. The zero-order chi connectivity index (χ0) is 15.4. The average Bonchev–Trinajstić information content (AvgIpc) is 2.48. The summed E-state index contributed by atoms with van der Waals surface area (Å²) in [4.78, 5) is 27.8. The Morgan fingerprint density at radius 1 is 1.29 bits per heavy atom. The third-order valence-electron chi connectivity index (χ3n) is 2.60. The van der Waals surface area contributed by atoms with Gasteiger partial charge < -0.3 is 10.1 Å². The maximum absolute atomic E-state index is 12.2. The Kier molecular flexibility index (Phi) is 4.93. The maximum atomic E-state index is 12.2. The lowest BCUT2D eigenvalue weighted by Gasteiger charge is -2.10. The number of rotatable bonds is 3. The van der Waals surface area contributed by atoms with Gasteiger partial charge in [-0.15, -0.1) is 0 Å². The maximum Gasteiger partial charge on any atom is 0.340 e. The number of nitrogens with one attached hydrogen (secondary N) is 1. The first kappa shape index (κ1) is 15.5. The zero-order valence-electron chi connectivity index (χ0n) is 10.9. The molecule has 2 rings (SSSR count). The predicted octanol–water partition coefficient (Wildman–Crippen LogP) is 3.54. The van der Waals surface area contributed by atoms with Crippen LogP contribution in [-0.4, -0.2) is 24.0 Å². The molecule has 21 heavy (non-hydrogen) atoms. The second-order valence-corrected chi connectivity index (χ2v) is 5.38. The monoisotopic (exact) mass is 368 g/mol. The SMILES string of the molecule is COC(=O)c1cc(Cl)ccc1NC(=O)c1cncc(Br)c1. The fraction of sp³-hybridized carbons (Fsp3) is 0.0714. The van der Waals surface area contributed by atoms with Crippen LogP contribution in [0.2, 0.25) is 5.02 Å². The molecule has 0 bridgehead atoms. The summed E-state index contributed by atoms with van der Waals surface area (Å²) in [5.41, 5.74) is 0.854. The van der Waals surface area contributed by atoms with Gasteiger partial charge in [-0.2, -0.15) is 0 Å². The van der Waals surface area contributed by atoms with Crippen molar-refractivity contribution in [2.75, 3.05) is 12.4 Å². The van der Waals surface area contributed by atoms with E-state index in [0.717, 1.165) is 0 Å². The summed E-state index contributed by atoms with van der Waals surface area (Å²) in [6.07, 6.45) is 2.99. The van der Waals surface area contributed by atoms with Crippen LogP contribution < -0.4 is 5.32 Å². The van der Waals surface area contributed by atoms with E-state index < -0.39 is 11.9 Å². The molecule has 0 unspecified atom stereocenters. The van der Waals surface area contributed by atoms with Crippen molar-refractivity contribution in [3.63, 3.8) is 0 Å². The highest BCUT2D eigenvalue weighted by Gasteiger charge is 2.15. The average molecular weight is 370 g/mol. The number of esters is 1. The minimum absolute atomic E-state index is 0.182. The molecule has 1 heterocycles. The van der Waals surface area contributed by atoms with Crippen molar-refractivity contribution < 1.29 is 14.3 Å². The smallest absolute Gasteiger partial charge is 0.340 e. The second kappa shape index (κ2) is 6.69. The number of halogens is 2. The molecule has 1 N–H and O–H groups in total. The molecule has 0 aliphatic carbocycles. The number of benzene rings is 1. The summed E-state index contributed by atoms with van der Waals surface area (Å²) in [6.45, 7) is 0. The van der Waals surface area contributed by atoms with E-state index in [2.05, 4.69) is 31.0 Å². The molecule has 2 aromatic rings. The van der Waals surface area contributed by atoms with Crippen molar-refractivity contribution in [2.24, 2.45) is 0 Å². The molecule has 0 saturated heterocycles. The van der Waals surface area contributed by atoms with Crippen molar-refractivity contribution in [2.45, 2.75) is 0 Å². The molecule has 1 aromatic heterocycles. The van der Waals surface area contributed by atoms with E-state index in [0.29, 0.717) is 20.7 Å². The van der Waals surface area contributed by atoms with Crippen LogP contribution in [0.1, 0.15) is 20.7 Å². The van der Waals surface area contributed by atoms with E-state index in [1.807, 2.05) is 0 Å². The van der Waals surface area contributed by atoms with Crippen molar-refractivity contribution in [1.82, 2.24) is 4.98 Å². The van der Waals surface area contributed by atoms with Gasteiger partial charge in [0.1, 0.15) is 0 Å². The molecule has 5 nitrogen and oxygen atoms in total. The molecule has 108 valence electrons. The number of anilines is 1. The molecule has 7 heteroatoms. The van der Waals surface area contributed by atoms with E-state index >= 15 is 0 Å². The lowest BCUT2D eigenvalue weighted by molar-refractivity contribution is 0.0602. The molecule has 0 aliphatic rings. The van der Waals surface area contributed by atoms with Crippen LogP contribution >= 0.6 is 27.5 Å². The summed E-state index contributed by atoms with van der Waals surface area (Å²) in [6, 6.07) is 6.17. The molecule has 0 aliphatic heterocycles. The normalized spacial score (nSPS) is 10.0. The summed E-state index contributed by atoms with van der Waals surface area (Å²) < 4.78 is 5.35. The van der Waals surface area contributed by atoms with Crippen molar-refractivity contribution in [1.29, 1.82) is 0 Å². The number of hydrogen-bond acceptors (Lipinski definition) is 4. The van der Waals surface area contributed by atoms with Crippen LogP contribution in [0.4, 0.5) is 5.69 Å². The first-order chi connectivity index (χ1) is 10.0. The molecular formula is C14H10BrClN2O3. The Morgan fingerprint density at radius 3 is 2.71 bits per heavy atom. The Bertz CT molecular complexity index is 706. The number of pyridine rings is 1. The Hall–Kier alpha value is -1.92. The van der Waals surface area contributed by atoms with Crippen LogP contribution in [-0.2, 0) is 4.74 Å². The lowest BCUT2D eigenvalue weighted by atomic mass is 10.1. The molecule has 0 radical (unpaired) electrons. The van der Waals surface area contributed by atoms with Crippen LogP contribution in [0.25, 0.3) is 0 Å². The van der Waals surface area contributed by atoms with Gasteiger partial charge in [-0.25, -0.2) is 4.79 Å². The second-order valence-electron chi connectivity index (χ2n) is 4.03. The van der Waals surface area contributed by atoms with Crippen LogP contribution in [0.5, 0.6) is 0 Å². The molecule has 0 saturated carbocycles. The van der Waals surface area contributed by atoms with Gasteiger partial charge >= 0.3 is 5.97 Å². The number of aromatic nitrogens is 1. The van der Waals surface area contributed by atoms with Gasteiger partial charge in [0, 0.05) is 21.9 Å². The van der Waals surface area contributed by atoms with Gasteiger partial charge in [0.25, 0.3) is 5.91 Å². The van der Waals surface area contributed by atoms with Gasteiger partial charge in [-0.05, 0) is 40.2 Å². The predicted molar refractivity (Wildman–Crippen MR) is 82.7 cm³/mol. The standard InChI is InChI=1S/C14H10BrClN2O3/c1-21-14(20)11-5-10(16)2-3-12(11)18-13(19)8-4-9(15)7-17-6-8/h2-7H,1H3,(H,18,19). The Morgan fingerprint density at radius 2 is 2.05 bits per heavy atom. The topological polar surface area (TPSA) is 68.3 Å². The highest BCUT2D eigenvalue weighted by molar-refractivity contribution is 9.10. The quantitative estimate of drug-likeness (QED) is 0.840. The summed E-state index contributed by atoms with van der Waals surface area (Å²) in [7, 11) is 1.26. The Balaban J connectivity index is 2.31. The van der Waals surface area contributed by atoms with E-state index in [9.17, 15) is 9.59 Å². The number of nitrogens with zero attached hydrogens (tertiary/aromatic N) is 1. The third kappa shape index (κ3) is 3.80. The highest BCUT2D eigenvalue weighted by Crippen LogP contribution is 2.22. The number of carbonyl (C=O) groups excluding carboxylic acids is 2. The van der Waals surface area contributed by atoms with Crippen molar-refractivity contribution >= 4 is 45.1 Å². The van der Waals surface area contributed by atoms with Gasteiger partial charge in [-0.1, -0.05) is 11.6 Å². The van der Waals surface area contributed by atoms with Crippen LogP contribution in [0.3, 0.4) is 0 Å².